The maximum Gasteiger partial charge on any atom is 0.0615 e. The molecule has 1 aromatic carbocycles. The maximum atomic E-state index is 8.63. The molecule has 0 atom stereocenters. The number of aliphatic hydroxyl groups excluding tert-OH is 1. The lowest BCUT2D eigenvalue weighted by Gasteiger charge is -2.06. The number of aliphatic hydroxyl groups is 1. The fourth-order valence-corrected chi connectivity index (χ4v) is 1.33. The molecule has 2 heteroatoms. The van der Waals surface area contributed by atoms with E-state index in [1.807, 2.05) is 32.1 Å². The van der Waals surface area contributed by atoms with Crippen molar-refractivity contribution in [1.29, 1.82) is 0 Å². The standard InChI is InChI=1S/C11H15NO/c1-8-6-9(2)11(12)10(7-8)4-3-5-13/h3-4,6-7,13H,5,12H2,1-2H3. The number of benzene rings is 1. The molecule has 0 radical (unpaired) electrons. The van der Waals surface area contributed by atoms with Crippen LogP contribution in [0.15, 0.2) is 18.2 Å². The average molecular weight is 177 g/mol. The number of hydrogen-bond donors (Lipinski definition) is 2. The van der Waals surface area contributed by atoms with Crippen molar-refractivity contribution in [3.8, 4) is 0 Å². The summed E-state index contributed by atoms with van der Waals surface area (Å²) in [6.07, 6.45) is 3.53. The van der Waals surface area contributed by atoms with Gasteiger partial charge in [-0.15, -0.1) is 0 Å². The van der Waals surface area contributed by atoms with Gasteiger partial charge in [0, 0.05) is 5.69 Å². The Kier molecular flexibility index (Phi) is 3.09. The first-order valence-corrected chi connectivity index (χ1v) is 4.29. The van der Waals surface area contributed by atoms with Gasteiger partial charge < -0.3 is 10.8 Å². The monoisotopic (exact) mass is 177 g/mol. The van der Waals surface area contributed by atoms with Crippen molar-refractivity contribution >= 4 is 11.8 Å². The second-order valence-corrected chi connectivity index (χ2v) is 3.17. The molecule has 0 spiro atoms. The third kappa shape index (κ3) is 2.33. The minimum Gasteiger partial charge on any atom is -0.398 e. The summed E-state index contributed by atoms with van der Waals surface area (Å²) in [6.45, 7) is 4.06. The van der Waals surface area contributed by atoms with Crippen LogP contribution in [-0.2, 0) is 0 Å². The van der Waals surface area contributed by atoms with Crippen LogP contribution in [0.1, 0.15) is 16.7 Å². The van der Waals surface area contributed by atoms with Gasteiger partial charge in [-0.05, 0) is 31.0 Å². The number of nitrogen functional groups attached to an aromatic ring is 1. The Hall–Kier alpha value is -1.28. The van der Waals surface area contributed by atoms with Crippen molar-refractivity contribution in [3.05, 3.63) is 34.9 Å². The van der Waals surface area contributed by atoms with Crippen LogP contribution in [0.2, 0.25) is 0 Å². The van der Waals surface area contributed by atoms with Gasteiger partial charge in [-0.1, -0.05) is 23.8 Å². The number of nitrogens with two attached hydrogens (primary N) is 1. The summed E-state index contributed by atoms with van der Waals surface area (Å²) in [4.78, 5) is 0. The molecule has 0 fully saturated rings. The van der Waals surface area contributed by atoms with E-state index in [0.717, 1.165) is 16.8 Å². The third-order valence-electron chi connectivity index (χ3n) is 1.97. The second-order valence-electron chi connectivity index (χ2n) is 3.17. The number of anilines is 1. The van der Waals surface area contributed by atoms with Gasteiger partial charge in [0.25, 0.3) is 0 Å². The second kappa shape index (κ2) is 4.10. The molecule has 70 valence electrons. The van der Waals surface area contributed by atoms with Crippen molar-refractivity contribution in [2.75, 3.05) is 12.3 Å². The van der Waals surface area contributed by atoms with Crippen molar-refractivity contribution in [2.24, 2.45) is 0 Å². The van der Waals surface area contributed by atoms with Gasteiger partial charge in [0.1, 0.15) is 0 Å². The van der Waals surface area contributed by atoms with Gasteiger partial charge in [0.2, 0.25) is 0 Å². The van der Waals surface area contributed by atoms with E-state index in [1.54, 1.807) is 6.08 Å². The molecule has 1 rings (SSSR count). The van der Waals surface area contributed by atoms with E-state index in [0.29, 0.717) is 0 Å². The topological polar surface area (TPSA) is 46.2 Å². The summed E-state index contributed by atoms with van der Waals surface area (Å²) in [5, 5.41) is 8.63. The summed E-state index contributed by atoms with van der Waals surface area (Å²) >= 11 is 0. The molecule has 13 heavy (non-hydrogen) atoms. The number of hydrogen-bond acceptors (Lipinski definition) is 2. The highest BCUT2D eigenvalue weighted by Gasteiger charge is 1.99. The Morgan fingerprint density at radius 1 is 1.38 bits per heavy atom. The Morgan fingerprint density at radius 3 is 2.69 bits per heavy atom. The van der Waals surface area contributed by atoms with Crippen molar-refractivity contribution < 1.29 is 5.11 Å². The van der Waals surface area contributed by atoms with Crippen LogP contribution >= 0.6 is 0 Å². The SMILES string of the molecule is Cc1cc(C)c(N)c(C=CCO)c1. The first-order valence-electron chi connectivity index (χ1n) is 4.29. The molecule has 0 aliphatic carbocycles. The molecule has 3 N–H and O–H groups in total. The first-order chi connectivity index (χ1) is 6.15. The van der Waals surface area contributed by atoms with E-state index in [9.17, 15) is 0 Å². The third-order valence-corrected chi connectivity index (χ3v) is 1.97. The van der Waals surface area contributed by atoms with Crippen LogP contribution in [0.3, 0.4) is 0 Å². The summed E-state index contributed by atoms with van der Waals surface area (Å²) < 4.78 is 0. The van der Waals surface area contributed by atoms with Gasteiger partial charge in [0.15, 0.2) is 0 Å². The molecular formula is C11H15NO. The number of aryl methyl sites for hydroxylation is 2. The summed E-state index contributed by atoms with van der Waals surface area (Å²) in [5.41, 5.74) is 9.89. The van der Waals surface area contributed by atoms with Gasteiger partial charge in [0.05, 0.1) is 6.61 Å². The Morgan fingerprint density at radius 2 is 2.08 bits per heavy atom. The maximum absolute atomic E-state index is 8.63. The lowest BCUT2D eigenvalue weighted by atomic mass is 10.0. The first kappa shape index (κ1) is 9.81. The van der Waals surface area contributed by atoms with E-state index in [1.165, 1.54) is 5.56 Å². The van der Waals surface area contributed by atoms with E-state index >= 15 is 0 Å². The lowest BCUT2D eigenvalue weighted by molar-refractivity contribution is 0.343. The van der Waals surface area contributed by atoms with Crippen LogP contribution in [0.4, 0.5) is 5.69 Å². The summed E-state index contributed by atoms with van der Waals surface area (Å²) in [5.74, 6) is 0. The molecule has 0 unspecified atom stereocenters. The largest absolute Gasteiger partial charge is 0.398 e. The molecule has 1 aromatic rings. The molecule has 0 saturated carbocycles. The van der Waals surface area contributed by atoms with E-state index in [4.69, 9.17) is 10.8 Å². The summed E-state index contributed by atoms with van der Waals surface area (Å²) in [6, 6.07) is 4.06. The lowest BCUT2D eigenvalue weighted by Crippen LogP contribution is -1.94. The van der Waals surface area contributed by atoms with Crippen LogP contribution < -0.4 is 5.73 Å². The molecule has 0 heterocycles. The van der Waals surface area contributed by atoms with Crippen LogP contribution in [0.25, 0.3) is 6.08 Å². The van der Waals surface area contributed by atoms with E-state index < -0.39 is 0 Å². The minimum atomic E-state index is 0.0480. The predicted molar refractivity (Wildman–Crippen MR) is 56.4 cm³/mol. The fraction of sp³-hybridized carbons (Fsp3) is 0.273. The molecular weight excluding hydrogens is 162 g/mol. The van der Waals surface area contributed by atoms with E-state index in [-0.39, 0.29) is 6.61 Å². The van der Waals surface area contributed by atoms with Crippen molar-refractivity contribution in [3.63, 3.8) is 0 Å². The normalized spacial score (nSPS) is 11.0. The smallest absolute Gasteiger partial charge is 0.0615 e. The highest BCUT2D eigenvalue weighted by atomic mass is 16.2. The zero-order chi connectivity index (χ0) is 9.84. The molecule has 0 amide bonds. The van der Waals surface area contributed by atoms with Crippen molar-refractivity contribution in [1.82, 2.24) is 0 Å². The number of rotatable bonds is 2. The summed E-state index contributed by atoms with van der Waals surface area (Å²) in [7, 11) is 0. The Labute approximate surface area is 78.7 Å². The van der Waals surface area contributed by atoms with Crippen LogP contribution in [-0.4, -0.2) is 11.7 Å². The molecule has 2 nitrogen and oxygen atoms in total. The van der Waals surface area contributed by atoms with Gasteiger partial charge >= 0.3 is 0 Å². The van der Waals surface area contributed by atoms with Crippen LogP contribution in [0, 0.1) is 13.8 Å². The zero-order valence-corrected chi connectivity index (χ0v) is 8.04. The average Bonchev–Trinajstić information content (AvgIpc) is 2.09. The van der Waals surface area contributed by atoms with Gasteiger partial charge in [-0.2, -0.15) is 0 Å². The van der Waals surface area contributed by atoms with Gasteiger partial charge in [-0.3, -0.25) is 0 Å². The Bertz CT molecular complexity index is 329. The highest BCUT2D eigenvalue weighted by molar-refractivity contribution is 5.68. The predicted octanol–water partition coefficient (Wildman–Crippen LogP) is 1.89. The molecule has 0 bridgehead atoms. The Balaban J connectivity index is 3.12. The zero-order valence-electron chi connectivity index (χ0n) is 8.04. The molecule has 0 aliphatic heterocycles. The quantitative estimate of drug-likeness (QED) is 0.678. The minimum absolute atomic E-state index is 0.0480. The highest BCUT2D eigenvalue weighted by Crippen LogP contribution is 2.20. The fourth-order valence-electron chi connectivity index (χ4n) is 1.33. The van der Waals surface area contributed by atoms with E-state index in [2.05, 4.69) is 0 Å². The van der Waals surface area contributed by atoms with Crippen LogP contribution in [0.5, 0.6) is 0 Å². The van der Waals surface area contributed by atoms with Gasteiger partial charge in [-0.25, -0.2) is 0 Å². The molecule has 0 aliphatic rings. The molecule has 0 saturated heterocycles. The van der Waals surface area contributed by atoms with Crippen molar-refractivity contribution in [2.45, 2.75) is 13.8 Å². The molecule has 0 aromatic heterocycles.